The predicted octanol–water partition coefficient (Wildman–Crippen LogP) is 3.25. The zero-order valence-electron chi connectivity index (χ0n) is 17.1. The molecule has 2 heterocycles. The van der Waals surface area contributed by atoms with Gasteiger partial charge in [-0.25, -0.2) is 0 Å². The molecule has 6 atom stereocenters. The number of hydrogen-bond acceptors (Lipinski definition) is 7. The van der Waals surface area contributed by atoms with Crippen molar-refractivity contribution in [1.82, 2.24) is 5.01 Å². The minimum absolute atomic E-state index is 0.0902. The van der Waals surface area contributed by atoms with Gasteiger partial charge in [0.2, 0.25) is 0 Å². The highest BCUT2D eigenvalue weighted by molar-refractivity contribution is 6.06. The Morgan fingerprint density at radius 1 is 1.12 bits per heavy atom. The molecule has 1 aliphatic heterocycles. The van der Waals surface area contributed by atoms with Crippen LogP contribution in [0.4, 0.5) is 5.69 Å². The number of nitro groups is 1. The maximum atomic E-state index is 13.0. The summed E-state index contributed by atoms with van der Waals surface area (Å²) < 4.78 is 11.0. The van der Waals surface area contributed by atoms with Crippen LogP contribution in [0.2, 0.25) is 0 Å². The Kier molecular flexibility index (Phi) is 3.93. The molecule has 1 aromatic heterocycles. The third-order valence-corrected chi connectivity index (χ3v) is 7.23. The number of imide groups is 1. The van der Waals surface area contributed by atoms with E-state index in [4.69, 9.17) is 9.15 Å². The van der Waals surface area contributed by atoms with Crippen molar-refractivity contribution in [2.75, 3.05) is 7.11 Å². The molecule has 162 valence electrons. The Balaban J connectivity index is 1.24. The fourth-order valence-electron chi connectivity index (χ4n) is 5.73. The van der Waals surface area contributed by atoms with E-state index in [1.807, 2.05) is 0 Å². The molecule has 2 saturated carbocycles. The lowest BCUT2D eigenvalue weighted by Gasteiger charge is -2.37. The molecule has 4 aliphatic carbocycles. The molecule has 0 spiro atoms. The maximum Gasteiger partial charge on any atom is 0.273 e. The fraction of sp³-hybridized carbons (Fsp3) is 0.348. The number of methoxy groups -OCH3 is 1. The third kappa shape index (κ3) is 2.60. The molecule has 0 N–H and O–H groups in total. The number of benzene rings is 1. The minimum Gasteiger partial charge on any atom is -0.496 e. The second-order valence-electron chi connectivity index (χ2n) is 8.73. The molecule has 1 saturated heterocycles. The fourth-order valence-corrected chi connectivity index (χ4v) is 5.73. The van der Waals surface area contributed by atoms with Crippen LogP contribution in [0.1, 0.15) is 12.2 Å². The highest BCUT2D eigenvalue weighted by Gasteiger charge is 2.67. The summed E-state index contributed by atoms with van der Waals surface area (Å²) in [6, 6.07) is 7.56. The molecule has 9 nitrogen and oxygen atoms in total. The lowest BCUT2D eigenvalue weighted by atomic mass is 9.63. The highest BCUT2D eigenvalue weighted by atomic mass is 16.6. The molecule has 2 aromatic rings. The molecule has 2 amide bonds. The van der Waals surface area contributed by atoms with Crippen molar-refractivity contribution < 1.29 is 23.7 Å². The van der Waals surface area contributed by atoms with Gasteiger partial charge in [0, 0.05) is 6.07 Å². The van der Waals surface area contributed by atoms with E-state index < -0.39 is 4.92 Å². The Labute approximate surface area is 182 Å². The van der Waals surface area contributed by atoms with Gasteiger partial charge in [-0.15, -0.1) is 0 Å². The number of nitro benzene ring substituents is 1. The van der Waals surface area contributed by atoms with Crippen LogP contribution >= 0.6 is 0 Å². The van der Waals surface area contributed by atoms with Gasteiger partial charge in [-0.05, 0) is 48.3 Å². The van der Waals surface area contributed by atoms with Crippen LogP contribution in [-0.4, -0.2) is 35.1 Å². The topological polar surface area (TPSA) is 115 Å². The zero-order valence-corrected chi connectivity index (χ0v) is 17.1. The van der Waals surface area contributed by atoms with Crippen LogP contribution in [0.15, 0.2) is 52.0 Å². The SMILES string of the molecule is COc1cc([N+](=O)[O-])ccc1-c1ccc(C=NN2C(=O)[C@@H]3[C@H]4C=C[C@@H]([C@@H]5C[C@H]45)[C@H]3C2=O)o1. The summed E-state index contributed by atoms with van der Waals surface area (Å²) in [5.41, 5.74) is 0.450. The van der Waals surface area contributed by atoms with Gasteiger partial charge < -0.3 is 9.15 Å². The van der Waals surface area contributed by atoms with E-state index >= 15 is 0 Å². The summed E-state index contributed by atoms with van der Waals surface area (Å²) in [6.45, 7) is 0. The van der Waals surface area contributed by atoms with Gasteiger partial charge in [0.25, 0.3) is 17.5 Å². The summed E-state index contributed by atoms with van der Waals surface area (Å²) in [6.07, 6.45) is 6.70. The monoisotopic (exact) mass is 433 g/mol. The number of hydrazone groups is 1. The normalized spacial score (nSPS) is 31.8. The van der Waals surface area contributed by atoms with E-state index in [0.29, 0.717) is 34.7 Å². The first kappa shape index (κ1) is 19.0. The van der Waals surface area contributed by atoms with Crippen LogP contribution in [0.5, 0.6) is 5.75 Å². The molecule has 3 fully saturated rings. The highest BCUT2D eigenvalue weighted by Crippen LogP contribution is 2.65. The minimum atomic E-state index is -0.501. The Morgan fingerprint density at radius 3 is 2.44 bits per heavy atom. The lowest BCUT2D eigenvalue weighted by molar-refractivity contribution is -0.384. The number of carbonyl (C=O) groups excluding carboxylic acids is 2. The Hall–Kier alpha value is -3.75. The van der Waals surface area contributed by atoms with Gasteiger partial charge in [0.1, 0.15) is 17.3 Å². The van der Waals surface area contributed by atoms with Crippen molar-refractivity contribution >= 4 is 23.7 Å². The first-order chi connectivity index (χ1) is 15.5. The molecule has 7 rings (SSSR count). The maximum absolute atomic E-state index is 13.0. The number of ether oxygens (including phenoxy) is 1. The summed E-state index contributed by atoms with van der Waals surface area (Å²) >= 11 is 0. The second kappa shape index (κ2) is 6.62. The molecule has 0 unspecified atom stereocenters. The van der Waals surface area contributed by atoms with E-state index in [1.54, 1.807) is 18.2 Å². The van der Waals surface area contributed by atoms with E-state index in [2.05, 4.69) is 17.3 Å². The number of non-ortho nitro benzene ring substituents is 1. The number of rotatable bonds is 5. The van der Waals surface area contributed by atoms with Gasteiger partial charge in [-0.3, -0.25) is 19.7 Å². The van der Waals surface area contributed by atoms with Crippen molar-refractivity contribution in [1.29, 1.82) is 0 Å². The second-order valence-corrected chi connectivity index (χ2v) is 8.73. The quantitative estimate of drug-likeness (QED) is 0.235. The van der Waals surface area contributed by atoms with Crippen LogP contribution in [0.3, 0.4) is 0 Å². The van der Waals surface area contributed by atoms with Gasteiger partial charge in [-0.2, -0.15) is 10.1 Å². The van der Waals surface area contributed by atoms with E-state index in [-0.39, 0.29) is 41.2 Å². The van der Waals surface area contributed by atoms with Crippen molar-refractivity contribution in [2.24, 2.45) is 40.6 Å². The van der Waals surface area contributed by atoms with E-state index in [9.17, 15) is 19.7 Å². The van der Waals surface area contributed by atoms with Crippen molar-refractivity contribution in [3.05, 3.63) is 58.4 Å². The summed E-state index contributed by atoms with van der Waals surface area (Å²) in [5, 5.41) is 16.2. The zero-order chi connectivity index (χ0) is 22.1. The summed E-state index contributed by atoms with van der Waals surface area (Å²) in [7, 11) is 1.42. The number of allylic oxidation sites excluding steroid dienone is 2. The van der Waals surface area contributed by atoms with Gasteiger partial charge in [0.15, 0.2) is 0 Å². The first-order valence-electron chi connectivity index (χ1n) is 10.5. The van der Waals surface area contributed by atoms with Crippen molar-refractivity contribution in [3.63, 3.8) is 0 Å². The smallest absolute Gasteiger partial charge is 0.273 e. The number of furan rings is 1. The van der Waals surface area contributed by atoms with Crippen LogP contribution in [-0.2, 0) is 9.59 Å². The molecule has 2 bridgehead atoms. The summed E-state index contributed by atoms with van der Waals surface area (Å²) in [5.74, 6) is 1.39. The first-order valence-corrected chi connectivity index (χ1v) is 10.5. The van der Waals surface area contributed by atoms with Crippen molar-refractivity contribution in [2.45, 2.75) is 6.42 Å². The summed E-state index contributed by atoms with van der Waals surface area (Å²) in [4.78, 5) is 36.4. The van der Waals surface area contributed by atoms with E-state index in [0.717, 1.165) is 11.4 Å². The van der Waals surface area contributed by atoms with Gasteiger partial charge in [-0.1, -0.05) is 12.2 Å². The molecule has 0 radical (unpaired) electrons. The van der Waals surface area contributed by atoms with Crippen LogP contribution in [0, 0.1) is 45.6 Å². The van der Waals surface area contributed by atoms with Crippen LogP contribution in [0.25, 0.3) is 11.3 Å². The Morgan fingerprint density at radius 2 is 1.81 bits per heavy atom. The molecular weight excluding hydrogens is 414 g/mol. The van der Waals surface area contributed by atoms with Crippen molar-refractivity contribution in [3.8, 4) is 17.1 Å². The lowest BCUT2D eigenvalue weighted by Crippen LogP contribution is -2.40. The molecule has 9 heteroatoms. The van der Waals surface area contributed by atoms with Crippen LogP contribution < -0.4 is 4.74 Å². The molecule has 5 aliphatic rings. The van der Waals surface area contributed by atoms with Gasteiger partial charge >= 0.3 is 0 Å². The van der Waals surface area contributed by atoms with Gasteiger partial charge in [0.05, 0.1) is 41.7 Å². The Bertz CT molecular complexity index is 1190. The average Bonchev–Trinajstić information content (AvgIpc) is 3.44. The molecule has 1 aromatic carbocycles. The number of hydrogen-bond donors (Lipinski definition) is 0. The standard InChI is InChI=1S/C23H19N3O6/c1-31-19-8-11(26(29)30)2-4-15(19)18-7-3-12(32-18)10-24-25-22(27)20-13-5-6-14(17-9-16(13)17)21(20)23(25)28/h2-8,10,13-14,16-17,20-21H,9H2,1H3/t13-,14-,16-,17+,20+,21+/m0/s1. The largest absolute Gasteiger partial charge is 0.496 e. The number of carbonyl (C=O) groups is 2. The predicted molar refractivity (Wildman–Crippen MR) is 111 cm³/mol. The number of nitrogens with zero attached hydrogens (tertiary/aromatic N) is 3. The number of amides is 2. The average molecular weight is 433 g/mol. The molecular formula is C23H19N3O6. The van der Waals surface area contributed by atoms with E-state index in [1.165, 1.54) is 25.5 Å². The third-order valence-electron chi connectivity index (χ3n) is 7.23. The molecule has 32 heavy (non-hydrogen) atoms.